The number of thiocarbonyl (C=S) groups is 1. The molecule has 3 rings (SSSR count). The number of benzene rings is 1. The Hall–Kier alpha value is -2.19. The average Bonchev–Trinajstić information content (AvgIpc) is 2.75. The number of rotatable bonds is 5. The molecule has 0 saturated carbocycles. The Morgan fingerprint density at radius 3 is 2.34 bits per heavy atom. The number of quaternary nitrogens is 1. The van der Waals surface area contributed by atoms with Crippen molar-refractivity contribution >= 4 is 34.9 Å². The maximum Gasteiger partial charge on any atom is 0.338 e. The van der Waals surface area contributed by atoms with Gasteiger partial charge in [0.1, 0.15) is 0 Å². The fourth-order valence-electron chi connectivity index (χ4n) is 4.43. The van der Waals surface area contributed by atoms with Crippen LogP contribution in [-0.4, -0.2) is 60.2 Å². The number of piperidine rings is 2. The lowest BCUT2D eigenvalue weighted by atomic mass is 9.83. The fourth-order valence-corrected chi connectivity index (χ4v) is 4.73. The molecule has 1 amide bonds. The maximum atomic E-state index is 12.4. The summed E-state index contributed by atoms with van der Waals surface area (Å²) in [6.07, 6.45) is 5.02. The Morgan fingerprint density at radius 2 is 1.79 bits per heavy atom. The van der Waals surface area contributed by atoms with Crippen LogP contribution in [0.2, 0.25) is 0 Å². The van der Waals surface area contributed by atoms with Gasteiger partial charge in [0.05, 0.1) is 25.3 Å². The van der Waals surface area contributed by atoms with Crippen molar-refractivity contribution in [2.24, 2.45) is 5.73 Å². The molecule has 7 nitrogen and oxygen atoms in total. The van der Waals surface area contributed by atoms with Gasteiger partial charge in [-0.2, -0.15) is 0 Å². The summed E-state index contributed by atoms with van der Waals surface area (Å²) in [5.74, 6) is -0.511. The molecular formula is C21H31N4O3S+. The number of hydrogen-bond donors (Lipinski definition) is 3. The molecule has 1 aromatic carbocycles. The SMILES string of the molecule is CCOC(=O)c1ccc(NC(=S)N2CCC(C(N)=O)([NH+]3CCCCC3)CC2)cc1. The van der Waals surface area contributed by atoms with Crippen LogP contribution in [0.1, 0.15) is 49.4 Å². The molecule has 2 aliphatic heterocycles. The zero-order chi connectivity index (χ0) is 20.9. The number of hydrogen-bond acceptors (Lipinski definition) is 4. The van der Waals surface area contributed by atoms with Gasteiger partial charge in [-0.05, 0) is 62.7 Å². The minimum Gasteiger partial charge on any atom is -0.462 e. The van der Waals surface area contributed by atoms with Crippen molar-refractivity contribution < 1.29 is 19.2 Å². The minimum absolute atomic E-state index is 0.178. The predicted molar refractivity (Wildman–Crippen MR) is 116 cm³/mol. The number of esters is 1. The lowest BCUT2D eigenvalue weighted by molar-refractivity contribution is -0.948. The van der Waals surface area contributed by atoms with Crippen LogP contribution in [0, 0.1) is 0 Å². The second kappa shape index (κ2) is 9.54. The first kappa shape index (κ1) is 21.5. The van der Waals surface area contributed by atoms with Gasteiger partial charge < -0.3 is 25.6 Å². The monoisotopic (exact) mass is 419 g/mol. The molecule has 0 aliphatic carbocycles. The largest absolute Gasteiger partial charge is 0.462 e. The van der Waals surface area contributed by atoms with Crippen LogP contribution in [-0.2, 0) is 9.53 Å². The molecule has 0 bridgehead atoms. The molecule has 2 aliphatic rings. The van der Waals surface area contributed by atoms with Crippen LogP contribution >= 0.6 is 12.2 Å². The Morgan fingerprint density at radius 1 is 1.17 bits per heavy atom. The summed E-state index contributed by atoms with van der Waals surface area (Å²) >= 11 is 5.58. The smallest absolute Gasteiger partial charge is 0.338 e. The Balaban J connectivity index is 1.58. The van der Waals surface area contributed by atoms with E-state index >= 15 is 0 Å². The predicted octanol–water partition coefficient (Wildman–Crippen LogP) is 0.949. The van der Waals surface area contributed by atoms with Crippen LogP contribution < -0.4 is 16.0 Å². The standard InChI is InChI=1S/C21H30N4O3S/c1-2-28-18(26)16-6-8-17(9-7-16)23-20(29)24-14-10-21(11-15-24,19(22)27)25-12-4-3-5-13-25/h6-9H,2-5,10-15H2,1H3,(H2,22,27)(H,23,29)/p+1. The highest BCUT2D eigenvalue weighted by Crippen LogP contribution is 2.22. The van der Waals surface area contributed by atoms with Crippen molar-refractivity contribution in [2.45, 2.75) is 44.6 Å². The number of likely N-dealkylation sites (tertiary alicyclic amines) is 2. The lowest BCUT2D eigenvalue weighted by Crippen LogP contribution is -3.22. The summed E-state index contributed by atoms with van der Waals surface area (Å²) in [4.78, 5) is 27.6. The molecule has 2 saturated heterocycles. The molecule has 158 valence electrons. The quantitative estimate of drug-likeness (QED) is 0.486. The van der Waals surface area contributed by atoms with Crippen molar-refractivity contribution in [1.29, 1.82) is 0 Å². The van der Waals surface area contributed by atoms with Crippen LogP contribution in [0.15, 0.2) is 24.3 Å². The number of primary amides is 1. The van der Waals surface area contributed by atoms with Gasteiger partial charge in [0, 0.05) is 31.6 Å². The van der Waals surface area contributed by atoms with Gasteiger partial charge in [-0.1, -0.05) is 0 Å². The van der Waals surface area contributed by atoms with E-state index in [2.05, 4.69) is 10.2 Å². The second-order valence-electron chi connectivity index (χ2n) is 7.83. The van der Waals surface area contributed by atoms with E-state index < -0.39 is 5.54 Å². The molecule has 0 spiro atoms. The van der Waals surface area contributed by atoms with Crippen molar-refractivity contribution in [2.75, 3.05) is 38.1 Å². The molecule has 2 heterocycles. The van der Waals surface area contributed by atoms with Crippen molar-refractivity contribution in [3.8, 4) is 0 Å². The molecule has 1 aromatic rings. The average molecular weight is 420 g/mol. The number of nitrogens with two attached hydrogens (primary N) is 1. The number of anilines is 1. The summed E-state index contributed by atoms with van der Waals surface area (Å²) in [5.41, 5.74) is 6.74. The fraction of sp³-hybridized carbons (Fsp3) is 0.571. The van der Waals surface area contributed by atoms with Gasteiger partial charge in [-0.3, -0.25) is 4.79 Å². The molecule has 4 N–H and O–H groups in total. The summed E-state index contributed by atoms with van der Waals surface area (Å²) in [6, 6.07) is 7.07. The first-order valence-corrected chi connectivity index (χ1v) is 10.9. The molecule has 0 atom stereocenters. The van der Waals surface area contributed by atoms with Crippen LogP contribution in [0.5, 0.6) is 0 Å². The Kier molecular flexibility index (Phi) is 7.08. The zero-order valence-corrected chi connectivity index (χ0v) is 17.9. The maximum absolute atomic E-state index is 12.4. The Labute approximate surface area is 177 Å². The van der Waals surface area contributed by atoms with Crippen LogP contribution in [0.25, 0.3) is 0 Å². The highest BCUT2D eigenvalue weighted by molar-refractivity contribution is 7.80. The topological polar surface area (TPSA) is 89.1 Å². The van der Waals surface area contributed by atoms with E-state index in [1.807, 2.05) is 12.1 Å². The summed E-state index contributed by atoms with van der Waals surface area (Å²) in [5, 5.41) is 3.85. The van der Waals surface area contributed by atoms with Gasteiger partial charge in [0.2, 0.25) is 0 Å². The summed E-state index contributed by atoms with van der Waals surface area (Å²) < 4.78 is 5.00. The summed E-state index contributed by atoms with van der Waals surface area (Å²) in [6.45, 7) is 5.60. The molecule has 29 heavy (non-hydrogen) atoms. The third-order valence-electron chi connectivity index (χ3n) is 6.16. The van der Waals surface area contributed by atoms with Gasteiger partial charge in [-0.15, -0.1) is 0 Å². The first-order chi connectivity index (χ1) is 14.0. The van der Waals surface area contributed by atoms with Crippen LogP contribution in [0.3, 0.4) is 0 Å². The third-order valence-corrected chi connectivity index (χ3v) is 6.52. The van der Waals surface area contributed by atoms with Crippen molar-refractivity contribution in [3.05, 3.63) is 29.8 Å². The molecule has 0 aromatic heterocycles. The van der Waals surface area contributed by atoms with E-state index in [4.69, 9.17) is 22.7 Å². The second-order valence-corrected chi connectivity index (χ2v) is 8.21. The minimum atomic E-state index is -0.464. The van der Waals surface area contributed by atoms with E-state index in [1.54, 1.807) is 19.1 Å². The number of carbonyl (C=O) groups excluding carboxylic acids is 2. The molecular weight excluding hydrogens is 388 g/mol. The number of carbonyl (C=O) groups is 2. The zero-order valence-electron chi connectivity index (χ0n) is 17.0. The van der Waals surface area contributed by atoms with Crippen molar-refractivity contribution in [1.82, 2.24) is 4.90 Å². The van der Waals surface area contributed by atoms with E-state index in [-0.39, 0.29) is 11.9 Å². The normalized spacial score (nSPS) is 19.4. The van der Waals surface area contributed by atoms with Gasteiger partial charge >= 0.3 is 5.97 Å². The third kappa shape index (κ3) is 4.87. The number of nitrogens with one attached hydrogen (secondary N) is 2. The van der Waals surface area contributed by atoms with Gasteiger partial charge in [0.15, 0.2) is 10.7 Å². The molecule has 0 radical (unpaired) electrons. The highest BCUT2D eigenvalue weighted by atomic mass is 32.1. The Bertz CT molecular complexity index is 739. The van der Waals surface area contributed by atoms with Crippen LogP contribution in [0.4, 0.5) is 5.69 Å². The number of amides is 1. The number of ether oxygens (including phenoxy) is 1. The van der Waals surface area contributed by atoms with E-state index in [1.165, 1.54) is 11.3 Å². The van der Waals surface area contributed by atoms with E-state index in [0.29, 0.717) is 30.4 Å². The molecule has 8 heteroatoms. The van der Waals surface area contributed by atoms with E-state index in [0.717, 1.165) is 44.5 Å². The van der Waals surface area contributed by atoms with Crippen molar-refractivity contribution in [3.63, 3.8) is 0 Å². The summed E-state index contributed by atoms with van der Waals surface area (Å²) in [7, 11) is 0. The van der Waals surface area contributed by atoms with Gasteiger partial charge in [-0.25, -0.2) is 4.79 Å². The molecule has 2 fully saturated rings. The molecule has 0 unspecified atom stereocenters. The lowest BCUT2D eigenvalue weighted by Gasteiger charge is -2.45. The number of nitrogens with zero attached hydrogens (tertiary/aromatic N) is 1. The highest BCUT2D eigenvalue weighted by Gasteiger charge is 2.49. The first-order valence-electron chi connectivity index (χ1n) is 10.4. The van der Waals surface area contributed by atoms with E-state index in [9.17, 15) is 9.59 Å². The van der Waals surface area contributed by atoms with Gasteiger partial charge in [0.25, 0.3) is 5.91 Å².